The van der Waals surface area contributed by atoms with Crippen molar-refractivity contribution in [3.63, 3.8) is 0 Å². The van der Waals surface area contributed by atoms with E-state index in [2.05, 4.69) is 6.07 Å². The maximum Gasteiger partial charge on any atom is 0.130 e. The van der Waals surface area contributed by atoms with Crippen LogP contribution in [-0.2, 0) is 12.1 Å². The fourth-order valence-electron chi connectivity index (χ4n) is 1.51. The lowest BCUT2D eigenvalue weighted by molar-refractivity contribution is 0.220. The van der Waals surface area contributed by atoms with Crippen LogP contribution in [0.15, 0.2) is 24.3 Å². The molecule has 0 aromatic heterocycles. The first kappa shape index (κ1) is 10.7. The van der Waals surface area contributed by atoms with Crippen LogP contribution in [-0.4, -0.2) is 0 Å². The van der Waals surface area contributed by atoms with Gasteiger partial charge in [-0.25, -0.2) is 4.39 Å². The quantitative estimate of drug-likeness (QED) is 0.718. The van der Waals surface area contributed by atoms with Crippen LogP contribution in [0.25, 0.3) is 0 Å². The second kappa shape index (κ2) is 4.23. The minimum atomic E-state index is -1.33. The fourth-order valence-corrected chi connectivity index (χ4v) is 1.51. The molecule has 0 atom stereocenters. The molecule has 0 amide bonds. The molecule has 0 N–H and O–H groups in total. The van der Waals surface area contributed by atoms with Crippen LogP contribution in [0.2, 0.25) is 0 Å². The summed E-state index contributed by atoms with van der Waals surface area (Å²) in [6, 6.07) is 9.44. The third kappa shape index (κ3) is 2.56. The average molecular weight is 191 g/mol. The van der Waals surface area contributed by atoms with E-state index in [0.717, 1.165) is 5.56 Å². The molecule has 1 aromatic carbocycles. The van der Waals surface area contributed by atoms with Gasteiger partial charge < -0.3 is 0 Å². The van der Waals surface area contributed by atoms with Crippen molar-refractivity contribution in [1.82, 2.24) is 0 Å². The Bertz CT molecular complexity index is 344. The molecule has 0 saturated heterocycles. The number of hydrogen-bond acceptors (Lipinski definition) is 1. The van der Waals surface area contributed by atoms with Gasteiger partial charge in [0.1, 0.15) is 5.67 Å². The molecule has 0 spiro atoms. The summed E-state index contributed by atoms with van der Waals surface area (Å²) in [4.78, 5) is 0. The van der Waals surface area contributed by atoms with E-state index in [0.29, 0.717) is 18.4 Å². The maximum atomic E-state index is 13.7. The Morgan fingerprint density at radius 2 is 2.00 bits per heavy atom. The maximum absolute atomic E-state index is 13.7. The summed E-state index contributed by atoms with van der Waals surface area (Å²) < 4.78 is 13.7. The average Bonchev–Trinajstić information content (AvgIpc) is 2.14. The zero-order chi connectivity index (χ0) is 10.6. The van der Waals surface area contributed by atoms with Crippen LogP contribution in [0.1, 0.15) is 31.4 Å². The summed E-state index contributed by atoms with van der Waals surface area (Å²) in [7, 11) is 0. The first-order chi connectivity index (χ1) is 6.55. The molecule has 0 heterocycles. The SMILES string of the molecule is CC(C)(F)c1ccccc1CCC#N. The normalized spacial score (nSPS) is 11.0. The number of benzene rings is 1. The van der Waals surface area contributed by atoms with E-state index in [9.17, 15) is 4.39 Å². The molecule has 0 unspecified atom stereocenters. The van der Waals surface area contributed by atoms with Crippen LogP contribution in [0.5, 0.6) is 0 Å². The Balaban J connectivity index is 2.99. The van der Waals surface area contributed by atoms with Crippen molar-refractivity contribution in [2.24, 2.45) is 0 Å². The molecule has 0 fully saturated rings. The van der Waals surface area contributed by atoms with Crippen molar-refractivity contribution in [2.75, 3.05) is 0 Å². The van der Waals surface area contributed by atoms with Crippen molar-refractivity contribution < 1.29 is 4.39 Å². The van der Waals surface area contributed by atoms with E-state index in [1.165, 1.54) is 13.8 Å². The summed E-state index contributed by atoms with van der Waals surface area (Å²) in [5.74, 6) is 0. The molecule has 1 rings (SSSR count). The predicted octanol–water partition coefficient (Wildman–Crippen LogP) is 3.35. The third-order valence-electron chi connectivity index (χ3n) is 2.16. The number of hydrogen-bond donors (Lipinski definition) is 0. The Kier molecular flexibility index (Phi) is 3.24. The largest absolute Gasteiger partial charge is 0.239 e. The molecular formula is C12H14FN. The topological polar surface area (TPSA) is 23.8 Å². The smallest absolute Gasteiger partial charge is 0.130 e. The van der Waals surface area contributed by atoms with E-state index in [4.69, 9.17) is 5.26 Å². The summed E-state index contributed by atoms with van der Waals surface area (Å²) in [5.41, 5.74) is 0.295. The standard InChI is InChI=1S/C12H14FN/c1-12(2,13)11-8-4-3-6-10(11)7-5-9-14/h3-4,6,8H,5,7H2,1-2H3. The number of alkyl halides is 1. The van der Waals surface area contributed by atoms with E-state index in [1.54, 1.807) is 6.07 Å². The fraction of sp³-hybridized carbons (Fsp3) is 0.417. The van der Waals surface area contributed by atoms with Gasteiger partial charge in [0.2, 0.25) is 0 Å². The molecule has 74 valence electrons. The molecular weight excluding hydrogens is 177 g/mol. The van der Waals surface area contributed by atoms with Crippen LogP contribution in [0.4, 0.5) is 4.39 Å². The molecule has 0 aliphatic carbocycles. The molecule has 0 aliphatic heterocycles. The highest BCUT2D eigenvalue weighted by Crippen LogP contribution is 2.28. The second-order valence-electron chi connectivity index (χ2n) is 3.79. The Morgan fingerprint density at radius 1 is 1.36 bits per heavy atom. The lowest BCUT2D eigenvalue weighted by Gasteiger charge is -2.18. The van der Waals surface area contributed by atoms with Gasteiger partial charge in [0, 0.05) is 6.42 Å². The van der Waals surface area contributed by atoms with Gasteiger partial charge in [0.05, 0.1) is 6.07 Å². The zero-order valence-electron chi connectivity index (χ0n) is 8.55. The molecule has 1 nitrogen and oxygen atoms in total. The first-order valence-corrected chi connectivity index (χ1v) is 4.70. The number of nitriles is 1. The van der Waals surface area contributed by atoms with Gasteiger partial charge in [0.15, 0.2) is 0 Å². The van der Waals surface area contributed by atoms with Gasteiger partial charge in [-0.2, -0.15) is 5.26 Å². The third-order valence-corrected chi connectivity index (χ3v) is 2.16. The van der Waals surface area contributed by atoms with Gasteiger partial charge in [-0.15, -0.1) is 0 Å². The van der Waals surface area contributed by atoms with E-state index in [1.807, 2.05) is 18.2 Å². The number of nitrogens with zero attached hydrogens (tertiary/aromatic N) is 1. The number of halogens is 1. The van der Waals surface area contributed by atoms with Crippen LogP contribution >= 0.6 is 0 Å². The molecule has 14 heavy (non-hydrogen) atoms. The highest BCUT2D eigenvalue weighted by atomic mass is 19.1. The Morgan fingerprint density at radius 3 is 2.57 bits per heavy atom. The van der Waals surface area contributed by atoms with Crippen LogP contribution < -0.4 is 0 Å². The molecule has 0 saturated carbocycles. The van der Waals surface area contributed by atoms with Crippen molar-refractivity contribution >= 4 is 0 Å². The summed E-state index contributed by atoms with van der Waals surface area (Å²) in [6.45, 7) is 3.08. The highest BCUT2D eigenvalue weighted by Gasteiger charge is 2.21. The zero-order valence-corrected chi connectivity index (χ0v) is 8.55. The first-order valence-electron chi connectivity index (χ1n) is 4.70. The van der Waals surface area contributed by atoms with Crippen molar-refractivity contribution in [3.8, 4) is 6.07 Å². The van der Waals surface area contributed by atoms with Gasteiger partial charge >= 0.3 is 0 Å². The van der Waals surface area contributed by atoms with Crippen molar-refractivity contribution in [2.45, 2.75) is 32.4 Å². The van der Waals surface area contributed by atoms with E-state index < -0.39 is 5.67 Å². The monoisotopic (exact) mass is 191 g/mol. The van der Waals surface area contributed by atoms with Gasteiger partial charge in [-0.1, -0.05) is 24.3 Å². The second-order valence-corrected chi connectivity index (χ2v) is 3.79. The lowest BCUT2D eigenvalue weighted by Crippen LogP contribution is -2.12. The highest BCUT2D eigenvalue weighted by molar-refractivity contribution is 5.31. The molecule has 1 aromatic rings. The van der Waals surface area contributed by atoms with Crippen molar-refractivity contribution in [3.05, 3.63) is 35.4 Å². The minimum absolute atomic E-state index is 0.438. The van der Waals surface area contributed by atoms with Crippen LogP contribution in [0, 0.1) is 11.3 Å². The van der Waals surface area contributed by atoms with Gasteiger partial charge in [-0.3, -0.25) is 0 Å². The van der Waals surface area contributed by atoms with Crippen LogP contribution in [0.3, 0.4) is 0 Å². The molecule has 2 heteroatoms. The summed E-state index contributed by atoms with van der Waals surface area (Å²) in [5, 5.41) is 8.48. The van der Waals surface area contributed by atoms with Gasteiger partial charge in [0.25, 0.3) is 0 Å². The van der Waals surface area contributed by atoms with E-state index in [-0.39, 0.29) is 0 Å². The minimum Gasteiger partial charge on any atom is -0.239 e. The van der Waals surface area contributed by atoms with Crippen molar-refractivity contribution in [1.29, 1.82) is 5.26 Å². The van der Waals surface area contributed by atoms with Gasteiger partial charge in [-0.05, 0) is 31.4 Å². The summed E-state index contributed by atoms with van der Waals surface area (Å²) in [6.07, 6.45) is 1.06. The molecule has 0 bridgehead atoms. The Labute approximate surface area is 84.2 Å². The molecule has 0 radical (unpaired) electrons. The van der Waals surface area contributed by atoms with E-state index >= 15 is 0 Å². The number of rotatable bonds is 3. The number of aryl methyl sites for hydroxylation is 1. The Hall–Kier alpha value is -1.36. The summed E-state index contributed by atoms with van der Waals surface area (Å²) >= 11 is 0. The predicted molar refractivity (Wildman–Crippen MR) is 54.5 cm³/mol. The lowest BCUT2D eigenvalue weighted by atomic mass is 9.92. The molecule has 0 aliphatic rings.